The lowest BCUT2D eigenvalue weighted by Crippen LogP contribution is -2.35. The van der Waals surface area contributed by atoms with Crippen LogP contribution in [0.2, 0.25) is 10.0 Å². The first kappa shape index (κ1) is 25.6. The van der Waals surface area contributed by atoms with Crippen LogP contribution in [-0.4, -0.2) is 62.8 Å². The fraction of sp³-hybridized carbons (Fsp3) is 0.400. The normalized spacial score (nSPS) is 20.2. The van der Waals surface area contributed by atoms with E-state index in [9.17, 15) is 0 Å². The molecule has 0 aliphatic carbocycles. The van der Waals surface area contributed by atoms with Crippen molar-refractivity contribution in [2.45, 2.75) is 45.0 Å². The van der Waals surface area contributed by atoms with Gasteiger partial charge in [-0.3, -0.25) is 9.88 Å². The van der Waals surface area contributed by atoms with E-state index in [1.807, 2.05) is 42.0 Å². The zero-order chi connectivity index (χ0) is 30.0. The van der Waals surface area contributed by atoms with Crippen LogP contribution in [-0.2, 0) is 16.0 Å². The van der Waals surface area contributed by atoms with Crippen LogP contribution in [0, 0.1) is 0 Å². The molecule has 214 valence electrons. The van der Waals surface area contributed by atoms with Gasteiger partial charge in [0.15, 0.2) is 6.23 Å². The zero-order valence-corrected chi connectivity index (χ0v) is 24.2. The van der Waals surface area contributed by atoms with Gasteiger partial charge in [-0.2, -0.15) is 15.3 Å². The van der Waals surface area contributed by atoms with Gasteiger partial charge in [0, 0.05) is 52.3 Å². The molecule has 6 rings (SSSR count). The van der Waals surface area contributed by atoms with E-state index in [1.54, 1.807) is 29.4 Å². The van der Waals surface area contributed by atoms with E-state index in [4.69, 9.17) is 45.3 Å². The molecule has 11 heteroatoms. The average Bonchev–Trinajstić information content (AvgIpc) is 3.39. The lowest BCUT2D eigenvalue weighted by atomic mass is 10.1. The summed E-state index contributed by atoms with van der Waals surface area (Å²) in [5.74, 6) is 0.636. The number of ether oxygens (including phenoxy) is 3. The molecular weight excluding hydrogens is 563 g/mol. The van der Waals surface area contributed by atoms with E-state index in [1.165, 1.54) is 0 Å². The maximum absolute atomic E-state index is 8.57. The Kier molecular flexibility index (Phi) is 8.02. The number of pyridine rings is 1. The third-order valence-corrected chi connectivity index (χ3v) is 7.73. The van der Waals surface area contributed by atoms with Crippen LogP contribution in [0.1, 0.15) is 63.9 Å². The molecule has 0 bridgehead atoms. The molecule has 41 heavy (non-hydrogen) atoms. The van der Waals surface area contributed by atoms with Gasteiger partial charge < -0.3 is 14.2 Å². The van der Waals surface area contributed by atoms with Crippen molar-refractivity contribution < 1.29 is 17.0 Å². The summed E-state index contributed by atoms with van der Waals surface area (Å²) in [6.45, 7) is 2.86. The Morgan fingerprint density at radius 2 is 1.90 bits per heavy atom. The maximum atomic E-state index is 8.57. The van der Waals surface area contributed by atoms with Crippen LogP contribution in [0.4, 0.5) is 0 Å². The van der Waals surface area contributed by atoms with Gasteiger partial charge >= 0.3 is 0 Å². The summed E-state index contributed by atoms with van der Waals surface area (Å²) in [6.07, 6.45) is 9.23. The van der Waals surface area contributed by atoms with Crippen molar-refractivity contribution in [3.63, 3.8) is 0 Å². The monoisotopic (exact) mass is 596 g/mol. The number of aromatic nitrogens is 5. The smallest absolute Gasteiger partial charge is 0.150 e. The van der Waals surface area contributed by atoms with Gasteiger partial charge in [0.25, 0.3) is 0 Å². The summed E-state index contributed by atoms with van der Waals surface area (Å²) in [7, 11) is 0. The molecule has 0 spiro atoms. The first-order chi connectivity index (χ1) is 20.8. The third kappa shape index (κ3) is 6.55. The molecule has 0 saturated carbocycles. The number of morpholine rings is 1. The van der Waals surface area contributed by atoms with Crippen LogP contribution < -0.4 is 4.74 Å². The standard InChI is InChI=1S/C30H32Cl2N6O3/c1-20(30-25(31)17-33-18-26(30)32)41-23-8-10-28-24(16-23)27(36-38(28)29-4-2-3-13-40-29)9-7-21-5-6-22(35-34-21)19-37-11-14-39-15-12-37/h5-10,16-18,20,29H,2-4,11-15,19H2,1H3/b9-7+/i19D2. The quantitative estimate of drug-likeness (QED) is 0.232. The number of benzene rings is 1. The highest BCUT2D eigenvalue weighted by molar-refractivity contribution is 6.35. The Balaban J connectivity index is 1.29. The highest BCUT2D eigenvalue weighted by Gasteiger charge is 2.22. The summed E-state index contributed by atoms with van der Waals surface area (Å²) in [4.78, 5) is 5.75. The summed E-state index contributed by atoms with van der Waals surface area (Å²) < 4.78 is 36.8. The molecule has 2 unspecified atom stereocenters. The summed E-state index contributed by atoms with van der Waals surface area (Å²) in [5.41, 5.74) is 3.16. The number of nitrogens with zero attached hydrogens (tertiary/aromatic N) is 6. The summed E-state index contributed by atoms with van der Waals surface area (Å²) in [5, 5.41) is 15.2. The number of hydrogen-bond acceptors (Lipinski definition) is 8. The molecule has 9 nitrogen and oxygen atoms in total. The predicted molar refractivity (Wildman–Crippen MR) is 159 cm³/mol. The third-order valence-electron chi connectivity index (χ3n) is 7.13. The van der Waals surface area contributed by atoms with Crippen molar-refractivity contribution in [3.05, 3.63) is 75.4 Å². The van der Waals surface area contributed by atoms with Crippen LogP contribution in [0.15, 0.2) is 42.7 Å². The molecule has 2 saturated heterocycles. The topological polar surface area (TPSA) is 87.4 Å². The van der Waals surface area contributed by atoms with Crippen molar-refractivity contribution in [1.29, 1.82) is 0 Å². The van der Waals surface area contributed by atoms with Crippen molar-refractivity contribution in [2.75, 3.05) is 32.9 Å². The molecule has 1 aromatic carbocycles. The van der Waals surface area contributed by atoms with Gasteiger partial charge in [0.05, 0.1) is 45.9 Å². The Hall–Kier alpha value is -3.08. The Morgan fingerprint density at radius 3 is 2.63 bits per heavy atom. The molecule has 5 heterocycles. The van der Waals surface area contributed by atoms with Gasteiger partial charge in [0.1, 0.15) is 11.9 Å². The van der Waals surface area contributed by atoms with E-state index < -0.39 is 12.6 Å². The van der Waals surface area contributed by atoms with Crippen molar-refractivity contribution in [1.82, 2.24) is 29.9 Å². The zero-order valence-electron chi connectivity index (χ0n) is 24.7. The lowest BCUT2D eigenvalue weighted by molar-refractivity contribution is -0.0367. The number of hydrogen-bond donors (Lipinski definition) is 0. The molecular formula is C30H32Cl2N6O3. The second kappa shape index (κ2) is 12.8. The molecule has 2 atom stereocenters. The van der Waals surface area contributed by atoms with E-state index in [-0.39, 0.29) is 11.9 Å². The number of halogens is 2. The summed E-state index contributed by atoms with van der Waals surface area (Å²) in [6, 6.07) is 9.28. The van der Waals surface area contributed by atoms with Crippen molar-refractivity contribution in [3.8, 4) is 5.75 Å². The van der Waals surface area contributed by atoms with Crippen LogP contribution >= 0.6 is 23.2 Å². The van der Waals surface area contributed by atoms with E-state index in [0.717, 1.165) is 35.9 Å². The average molecular weight is 598 g/mol. The minimum atomic E-state index is -1.73. The minimum Gasteiger partial charge on any atom is -0.486 e. The molecule has 2 aliphatic rings. The van der Waals surface area contributed by atoms with Crippen molar-refractivity contribution in [2.24, 2.45) is 0 Å². The van der Waals surface area contributed by atoms with Gasteiger partial charge in [0.2, 0.25) is 0 Å². The van der Waals surface area contributed by atoms with Gasteiger partial charge in [-0.05, 0) is 68.7 Å². The number of rotatable bonds is 8. The molecule has 0 N–H and O–H groups in total. The Morgan fingerprint density at radius 1 is 1.07 bits per heavy atom. The predicted octanol–water partition coefficient (Wildman–Crippen LogP) is 6.37. The van der Waals surface area contributed by atoms with Crippen molar-refractivity contribution >= 4 is 46.3 Å². The largest absolute Gasteiger partial charge is 0.486 e. The van der Waals surface area contributed by atoms with E-state index in [0.29, 0.717) is 60.0 Å². The second-order valence-corrected chi connectivity index (χ2v) is 10.8. The lowest BCUT2D eigenvalue weighted by Gasteiger charge is -2.25. The first-order valence-electron chi connectivity index (χ1n) is 14.8. The Bertz CT molecular complexity index is 1590. The second-order valence-electron chi connectivity index (χ2n) is 9.99. The summed E-state index contributed by atoms with van der Waals surface area (Å²) >= 11 is 12.7. The highest BCUT2D eigenvalue weighted by Crippen LogP contribution is 2.35. The molecule has 2 aliphatic heterocycles. The molecule has 3 aromatic heterocycles. The number of fused-ring (bicyclic) bond motifs is 1. The first-order valence-corrected chi connectivity index (χ1v) is 14.5. The minimum absolute atomic E-state index is 0.153. The van der Waals surface area contributed by atoms with E-state index in [2.05, 4.69) is 15.2 Å². The Labute approximate surface area is 251 Å². The van der Waals surface area contributed by atoms with Crippen LogP contribution in [0.25, 0.3) is 23.1 Å². The fourth-order valence-electron chi connectivity index (χ4n) is 5.04. The van der Waals surface area contributed by atoms with Crippen LogP contribution in [0.5, 0.6) is 5.75 Å². The molecule has 4 aromatic rings. The van der Waals surface area contributed by atoms with Gasteiger partial charge in [-0.1, -0.05) is 23.2 Å². The molecule has 0 amide bonds. The van der Waals surface area contributed by atoms with Gasteiger partial charge in [-0.15, -0.1) is 0 Å². The maximum Gasteiger partial charge on any atom is 0.150 e. The molecule has 0 radical (unpaired) electrons. The van der Waals surface area contributed by atoms with Crippen LogP contribution in [0.3, 0.4) is 0 Å². The highest BCUT2D eigenvalue weighted by atomic mass is 35.5. The molecule has 2 fully saturated rings. The fourth-order valence-corrected chi connectivity index (χ4v) is 5.71. The van der Waals surface area contributed by atoms with E-state index >= 15 is 0 Å². The van der Waals surface area contributed by atoms with Gasteiger partial charge in [-0.25, -0.2) is 4.68 Å². The SMILES string of the molecule is [2H]C([2H])(c1ccc(/C=C/c2nn(C3CCCCO3)c3ccc(OC(C)c4c(Cl)cncc4Cl)cc23)nn1)N1CCOCC1.